The minimum Gasteiger partial charge on any atom is -0.314 e. The van der Waals surface area contributed by atoms with Gasteiger partial charge in [-0.2, -0.15) is 5.10 Å². The van der Waals surface area contributed by atoms with Crippen LogP contribution in [0.15, 0.2) is 6.33 Å². The Morgan fingerprint density at radius 3 is 2.74 bits per heavy atom. The molecule has 0 aromatic carbocycles. The van der Waals surface area contributed by atoms with Crippen LogP contribution in [0.3, 0.4) is 0 Å². The van der Waals surface area contributed by atoms with Crippen molar-refractivity contribution in [1.82, 2.24) is 25.0 Å². The van der Waals surface area contributed by atoms with Gasteiger partial charge in [0.2, 0.25) is 0 Å². The highest BCUT2D eigenvalue weighted by atomic mass is 16.1. The number of nitrogens with zero attached hydrogens (tertiary/aromatic N) is 4. The van der Waals surface area contributed by atoms with E-state index in [1.165, 1.54) is 6.33 Å². The Hall–Kier alpha value is -1.27. The Bertz CT molecular complexity index is 434. The van der Waals surface area contributed by atoms with Crippen molar-refractivity contribution in [3.8, 4) is 0 Å². The van der Waals surface area contributed by atoms with E-state index >= 15 is 0 Å². The number of ketones is 1. The van der Waals surface area contributed by atoms with Gasteiger partial charge in [0.15, 0.2) is 5.78 Å². The number of aryl methyl sites for hydroxylation is 1. The van der Waals surface area contributed by atoms with Crippen molar-refractivity contribution in [2.75, 3.05) is 26.2 Å². The third-order valence-corrected chi connectivity index (χ3v) is 3.90. The largest absolute Gasteiger partial charge is 0.314 e. The summed E-state index contributed by atoms with van der Waals surface area (Å²) < 4.78 is 1.78. The summed E-state index contributed by atoms with van der Waals surface area (Å²) in [7, 11) is 0. The van der Waals surface area contributed by atoms with Gasteiger partial charge in [0.1, 0.15) is 12.2 Å². The molecule has 0 aliphatic carbocycles. The molecule has 0 radical (unpaired) electrons. The topological polar surface area (TPSA) is 63.1 Å². The van der Waals surface area contributed by atoms with Gasteiger partial charge < -0.3 is 5.32 Å². The Morgan fingerprint density at radius 2 is 2.11 bits per heavy atom. The van der Waals surface area contributed by atoms with E-state index < -0.39 is 5.54 Å². The molecule has 1 aromatic rings. The molecule has 1 aliphatic rings. The average molecular weight is 265 g/mol. The summed E-state index contributed by atoms with van der Waals surface area (Å²) >= 11 is 0. The minimum atomic E-state index is -0.438. The Morgan fingerprint density at radius 1 is 1.42 bits per heavy atom. The van der Waals surface area contributed by atoms with Gasteiger partial charge in [0.05, 0.1) is 12.0 Å². The van der Waals surface area contributed by atoms with E-state index in [2.05, 4.69) is 20.3 Å². The highest BCUT2D eigenvalue weighted by Gasteiger charge is 2.35. The number of aromatic nitrogens is 3. The van der Waals surface area contributed by atoms with E-state index in [0.29, 0.717) is 6.42 Å². The van der Waals surface area contributed by atoms with Crippen LogP contribution in [0.25, 0.3) is 0 Å². The number of Topliss-reactive ketones (excluding diaryl/α,β-unsaturated/α-hetero) is 1. The number of hydrogen-bond donors (Lipinski definition) is 1. The van der Waals surface area contributed by atoms with E-state index in [1.54, 1.807) is 4.68 Å². The van der Waals surface area contributed by atoms with Gasteiger partial charge in [-0.05, 0) is 20.8 Å². The molecule has 0 unspecified atom stereocenters. The predicted octanol–water partition coefficient (Wildman–Crippen LogP) is 0.0934. The molecule has 2 heterocycles. The second kappa shape index (κ2) is 5.79. The third kappa shape index (κ3) is 3.01. The highest BCUT2D eigenvalue weighted by molar-refractivity contribution is 5.88. The summed E-state index contributed by atoms with van der Waals surface area (Å²) in [6, 6.07) is 0. The summed E-state index contributed by atoms with van der Waals surface area (Å²) in [6.07, 6.45) is 1.87. The van der Waals surface area contributed by atoms with Crippen LogP contribution in [0.1, 0.15) is 26.6 Å². The maximum atomic E-state index is 12.6. The lowest BCUT2D eigenvalue weighted by atomic mass is 9.93. The maximum Gasteiger partial charge on any atom is 0.160 e. The SMILES string of the molecule is CCn1ncnc1CC(=O)C(C)(C)N1CCNCC1. The number of piperazine rings is 1. The van der Waals surface area contributed by atoms with E-state index in [4.69, 9.17) is 0 Å². The van der Waals surface area contributed by atoms with E-state index in [1.807, 2.05) is 20.8 Å². The first-order valence-electron chi connectivity index (χ1n) is 6.91. The molecule has 0 spiro atoms. The number of carbonyl (C=O) groups excluding carboxylic acids is 1. The van der Waals surface area contributed by atoms with Crippen LogP contribution in [0.2, 0.25) is 0 Å². The third-order valence-electron chi connectivity index (χ3n) is 3.90. The molecule has 106 valence electrons. The van der Waals surface area contributed by atoms with Gasteiger partial charge in [-0.25, -0.2) is 9.67 Å². The second-order valence-corrected chi connectivity index (χ2v) is 5.39. The quantitative estimate of drug-likeness (QED) is 0.818. The summed E-state index contributed by atoms with van der Waals surface area (Å²) in [5.74, 6) is 0.966. The van der Waals surface area contributed by atoms with Gasteiger partial charge >= 0.3 is 0 Å². The fraction of sp³-hybridized carbons (Fsp3) is 0.769. The lowest BCUT2D eigenvalue weighted by Gasteiger charge is -2.39. The normalized spacial score (nSPS) is 17.6. The molecule has 0 amide bonds. The predicted molar refractivity (Wildman–Crippen MR) is 72.9 cm³/mol. The van der Waals surface area contributed by atoms with E-state index in [9.17, 15) is 4.79 Å². The first kappa shape index (κ1) is 14.1. The van der Waals surface area contributed by atoms with Crippen molar-refractivity contribution in [2.45, 2.75) is 39.3 Å². The Kier molecular flexibility index (Phi) is 4.31. The van der Waals surface area contributed by atoms with E-state index in [0.717, 1.165) is 38.5 Å². The average Bonchev–Trinajstić information content (AvgIpc) is 2.87. The number of rotatable bonds is 5. The van der Waals surface area contributed by atoms with Crippen molar-refractivity contribution in [3.63, 3.8) is 0 Å². The van der Waals surface area contributed by atoms with Crippen LogP contribution in [-0.4, -0.2) is 57.2 Å². The van der Waals surface area contributed by atoms with Crippen molar-refractivity contribution in [3.05, 3.63) is 12.2 Å². The Labute approximate surface area is 114 Å². The van der Waals surface area contributed by atoms with Crippen molar-refractivity contribution in [1.29, 1.82) is 0 Å². The molecule has 19 heavy (non-hydrogen) atoms. The van der Waals surface area contributed by atoms with E-state index in [-0.39, 0.29) is 5.78 Å². The Balaban J connectivity index is 2.05. The van der Waals surface area contributed by atoms with Crippen LogP contribution < -0.4 is 5.32 Å². The molecule has 1 fully saturated rings. The molecule has 2 rings (SSSR count). The zero-order valence-electron chi connectivity index (χ0n) is 12.0. The smallest absolute Gasteiger partial charge is 0.160 e. The molecule has 1 saturated heterocycles. The highest BCUT2D eigenvalue weighted by Crippen LogP contribution is 2.18. The van der Waals surface area contributed by atoms with Gasteiger partial charge in [-0.15, -0.1) is 0 Å². The zero-order valence-corrected chi connectivity index (χ0v) is 12.0. The van der Waals surface area contributed by atoms with Gasteiger partial charge in [0.25, 0.3) is 0 Å². The second-order valence-electron chi connectivity index (χ2n) is 5.39. The lowest BCUT2D eigenvalue weighted by Crippen LogP contribution is -2.57. The summed E-state index contributed by atoms with van der Waals surface area (Å²) in [4.78, 5) is 19.0. The molecular weight excluding hydrogens is 242 g/mol. The summed E-state index contributed by atoms with van der Waals surface area (Å²) in [5.41, 5.74) is -0.438. The monoisotopic (exact) mass is 265 g/mol. The number of carbonyl (C=O) groups is 1. The first-order chi connectivity index (χ1) is 9.05. The van der Waals surface area contributed by atoms with Crippen molar-refractivity contribution < 1.29 is 4.79 Å². The molecular formula is C13H23N5O. The first-order valence-corrected chi connectivity index (χ1v) is 6.91. The number of nitrogens with one attached hydrogen (secondary N) is 1. The molecule has 1 aliphatic heterocycles. The zero-order chi connectivity index (χ0) is 13.9. The molecule has 0 bridgehead atoms. The van der Waals surface area contributed by atoms with Gasteiger partial charge in [-0.3, -0.25) is 9.69 Å². The van der Waals surface area contributed by atoms with Crippen LogP contribution in [0, 0.1) is 0 Å². The molecule has 6 nitrogen and oxygen atoms in total. The summed E-state index contributed by atoms with van der Waals surface area (Å²) in [5, 5.41) is 7.42. The molecule has 1 N–H and O–H groups in total. The van der Waals surface area contributed by atoms with Gasteiger partial charge in [-0.1, -0.05) is 0 Å². The molecule has 0 atom stereocenters. The lowest BCUT2D eigenvalue weighted by molar-refractivity contribution is -0.129. The van der Waals surface area contributed by atoms with Crippen LogP contribution in [0.5, 0.6) is 0 Å². The standard InChI is InChI=1S/C13H23N5O/c1-4-18-12(15-10-16-18)9-11(19)13(2,3)17-7-5-14-6-8-17/h10,14H,4-9H2,1-3H3. The van der Waals surface area contributed by atoms with Crippen molar-refractivity contribution >= 4 is 5.78 Å². The molecule has 1 aromatic heterocycles. The molecule has 6 heteroatoms. The number of hydrogen-bond acceptors (Lipinski definition) is 5. The van der Waals surface area contributed by atoms with Crippen LogP contribution in [0.4, 0.5) is 0 Å². The van der Waals surface area contributed by atoms with Crippen LogP contribution >= 0.6 is 0 Å². The summed E-state index contributed by atoms with van der Waals surface area (Å²) in [6.45, 7) is 10.5. The van der Waals surface area contributed by atoms with Gasteiger partial charge in [0, 0.05) is 32.7 Å². The maximum absolute atomic E-state index is 12.6. The fourth-order valence-corrected chi connectivity index (χ4v) is 2.45. The van der Waals surface area contributed by atoms with Crippen molar-refractivity contribution in [2.24, 2.45) is 0 Å². The molecule has 0 saturated carbocycles. The minimum absolute atomic E-state index is 0.206. The van der Waals surface area contributed by atoms with Crippen LogP contribution in [-0.2, 0) is 17.8 Å². The fourth-order valence-electron chi connectivity index (χ4n) is 2.45.